The van der Waals surface area contributed by atoms with Crippen molar-refractivity contribution in [3.63, 3.8) is 0 Å². The van der Waals surface area contributed by atoms with Gasteiger partial charge in [-0.15, -0.1) is 0 Å². The number of carbonyl (C=O) groups is 3. The molecule has 0 saturated carbocycles. The van der Waals surface area contributed by atoms with Crippen LogP contribution in [0.25, 0.3) is 0 Å². The normalized spacial score (nSPS) is 47.4. The summed E-state index contributed by atoms with van der Waals surface area (Å²) in [4.78, 5) is 53.9. The van der Waals surface area contributed by atoms with Crippen LogP contribution in [-0.4, -0.2) is 528 Å². The Morgan fingerprint density at radius 1 is 0.346 bits per heavy atom. The lowest BCUT2D eigenvalue weighted by Crippen LogP contribution is -2.70. The van der Waals surface area contributed by atoms with Crippen LogP contribution in [-0.2, 0) is 114 Å². The first-order valence-corrected chi connectivity index (χ1v) is 41.1. The quantitative estimate of drug-likeness (QED) is 0.0284. The van der Waals surface area contributed by atoms with E-state index in [9.17, 15) is 152 Å². The van der Waals surface area contributed by atoms with Gasteiger partial charge in [-0.05, 0) is 5.92 Å². The molecule has 736 valence electrons. The molecule has 0 aliphatic carbocycles. The largest absolute Gasteiger partial charge is 0.394 e. The van der Waals surface area contributed by atoms with Crippen molar-refractivity contribution in [2.45, 2.75) is 355 Å². The predicted molar refractivity (Wildman–Crippen MR) is 394 cm³/mol. The van der Waals surface area contributed by atoms with Gasteiger partial charge in [-0.3, -0.25) is 14.4 Å². The summed E-state index contributed by atoms with van der Waals surface area (Å²) in [5.41, 5.74) is 0. The fourth-order valence-corrected chi connectivity index (χ4v) is 16.6. The third kappa shape index (κ3) is 25.0. The summed E-state index contributed by atoms with van der Waals surface area (Å²) < 4.78 is 114. The average molecular weight is 1860 g/mol. The Labute approximate surface area is 722 Å². The van der Waals surface area contributed by atoms with Crippen LogP contribution >= 0.6 is 0 Å². The molecule has 10 saturated heterocycles. The van der Waals surface area contributed by atoms with Gasteiger partial charge in [0.15, 0.2) is 56.6 Å². The number of hydrogen-bond donors (Lipinski definition) is 30. The second-order valence-electron chi connectivity index (χ2n) is 32.9. The number of carbonyl (C=O) groups excluding carboxylic acids is 5. The average Bonchev–Trinajstić information content (AvgIpc) is 0.799. The Morgan fingerprint density at radius 3 is 1.27 bits per heavy atom. The summed E-state index contributed by atoms with van der Waals surface area (Å²) in [6.07, 6.45) is -89.0. The van der Waals surface area contributed by atoms with Crippen molar-refractivity contribution in [3.05, 3.63) is 0 Å². The zero-order valence-corrected chi connectivity index (χ0v) is 69.3. The number of hydrogen-bond acceptors (Lipinski definition) is 51. The van der Waals surface area contributed by atoms with Gasteiger partial charge in [-0.1, -0.05) is 20.8 Å². The van der Waals surface area contributed by atoms with Gasteiger partial charge in [0.2, 0.25) is 17.7 Å². The molecule has 10 fully saturated rings. The number of nitrogens with one attached hydrogen (secondary N) is 3. The smallest absolute Gasteiger partial charge is 0.373 e. The molecule has 0 radical (unpaired) electrons. The second kappa shape index (κ2) is 47.9. The van der Waals surface area contributed by atoms with Gasteiger partial charge >= 0.3 is 6.15 Å². The lowest BCUT2D eigenvalue weighted by Gasteiger charge is -2.51. The molecule has 0 spiro atoms. The highest BCUT2D eigenvalue weighted by molar-refractivity contribution is 5.74. The van der Waals surface area contributed by atoms with E-state index in [2.05, 4.69) is 16.0 Å². The highest BCUT2D eigenvalue weighted by atomic mass is 16.8. The first-order chi connectivity index (χ1) is 60.1. The molecule has 54 heteroatoms. The highest BCUT2D eigenvalue weighted by Gasteiger charge is 2.61. The molecule has 10 heterocycles. The Bertz CT molecular complexity index is 3370. The van der Waals surface area contributed by atoms with Crippen molar-refractivity contribution in [3.8, 4) is 0 Å². The minimum absolute atomic E-state index is 0.250. The molecule has 0 aromatic carbocycles. The summed E-state index contributed by atoms with van der Waals surface area (Å²) in [7, 11) is 0. The fourth-order valence-electron chi connectivity index (χ4n) is 16.6. The van der Waals surface area contributed by atoms with Crippen molar-refractivity contribution < 1.29 is 252 Å². The van der Waals surface area contributed by atoms with Gasteiger partial charge in [0.25, 0.3) is 0 Å². The summed E-state index contributed by atoms with van der Waals surface area (Å²) in [6, 6.07) is -4.41. The standard InChI is InChI=1S/C72H123N3O49.CO2/c1-19(2)58-38(74-22(5)84)47(95)60(31(13-80)110-58)119-66-39(75-23(6)85)48(96)61(33(15-82)116-66)121-71-57(105)63(56(104)68(124-71)107-16-24-7-27(111-69-54(102)50(98)44(92)29(11-78)113-69)42(90)34(109-24)18-108-67-53(101)49(97)43(91)28(10-77)112-67)122-72-64(52(100)45(93)30(12-79)114-72)123-65-20(3)40(88)59(32(14-81)115-65)120-70-55(103)51(99)46(94)35(117-70)17-106-36-8-25(86)37(73-21(4)83)62(118-36)41(89)26(87)9-76;2-1-3/h19-20,24-72,76-82,86-105H,7-18H2,1-6H3,(H,73,83)(H,74,84)(H,75,85);/t20?,24?,25?,26?,27-,28?,29+,30?,31?,32?,33?,34?,35?,36+,37-,38?,39?,40-,41?,42+,43-,44-,45-,46+,47-,48-,49+,50?,51+,52+,53-,54?,55?,56+,57?,58+,59-,60-,61-,62?,63+,64?,65+,66+,67?,68?,69?,70+,71-,72-;/m1./s1. The molecule has 50 atom stereocenters. The monoisotopic (exact) mass is 1860 g/mol. The van der Waals surface area contributed by atoms with E-state index < -0.39 is 409 Å². The molecular formula is C73H123N3O51. The third-order valence-electron chi connectivity index (χ3n) is 23.5. The number of aliphatic hydroxyl groups is 27. The molecule has 23 unspecified atom stereocenters. The van der Waals surface area contributed by atoms with Crippen LogP contribution < -0.4 is 16.0 Å². The van der Waals surface area contributed by atoms with Crippen LogP contribution in [0.4, 0.5) is 0 Å². The molecule has 54 nitrogen and oxygen atoms in total. The number of rotatable bonds is 34. The molecule has 0 bridgehead atoms. The van der Waals surface area contributed by atoms with Crippen molar-refractivity contribution in [2.75, 3.05) is 66.1 Å². The number of amides is 3. The predicted octanol–water partition coefficient (Wildman–Crippen LogP) is -19.2. The minimum Gasteiger partial charge on any atom is -0.394 e. The van der Waals surface area contributed by atoms with E-state index >= 15 is 0 Å². The summed E-state index contributed by atoms with van der Waals surface area (Å²) in [6.45, 7) is -1.67. The van der Waals surface area contributed by atoms with Crippen LogP contribution in [0.3, 0.4) is 0 Å². The van der Waals surface area contributed by atoms with E-state index in [1.165, 1.54) is 6.92 Å². The Balaban J connectivity index is 0.00000599. The molecule has 127 heavy (non-hydrogen) atoms. The SMILES string of the molecule is CC(=O)NC1[C@H](O[C@@H]2C(CO)O[C@@H](C(C)C)C(NC(C)=O)[C@H]2O)OC(CO)[C@@H](O[C@@H]2OC(OCC3C[C@@H](OC4O[C@@H](CO)[C@@H](O)C(O)C4O)[C@H](O)C(COC4OC(CO)[C@@H](O)[C@H](O)[C@H]4O)O3)[C@@H](O)[C@H](O[C@H]3OC(CO)[C@@H](O)[C@H](O)C3O[C@@H]3OC(CO)[C@@H](O[C@@H]4OC(CO[C@@H]5CC(O)[C@@H](NC(C)=O)C(C(O)C(O)CO)O5)[C@H](O)[C@H](O)C4O)[C@H](O)C3C)C2O)[C@@H]1O.O=C=O. The highest BCUT2D eigenvalue weighted by Crippen LogP contribution is 2.41. The first-order valence-electron chi connectivity index (χ1n) is 41.1. The second-order valence-corrected chi connectivity index (χ2v) is 32.9. The van der Waals surface area contributed by atoms with Crippen LogP contribution in [0.2, 0.25) is 0 Å². The maximum Gasteiger partial charge on any atom is 0.373 e. The van der Waals surface area contributed by atoms with E-state index in [0.29, 0.717) is 0 Å². The lowest BCUT2D eigenvalue weighted by molar-refractivity contribution is -0.412. The Kier molecular flexibility index (Phi) is 40.2. The van der Waals surface area contributed by atoms with E-state index in [1.54, 1.807) is 13.8 Å². The van der Waals surface area contributed by atoms with Gasteiger partial charge in [-0.25, -0.2) is 0 Å². The summed E-state index contributed by atoms with van der Waals surface area (Å²) >= 11 is 0. The molecular weight excluding hydrogens is 1730 g/mol. The zero-order valence-electron chi connectivity index (χ0n) is 69.3. The number of aliphatic hydroxyl groups excluding tert-OH is 27. The van der Waals surface area contributed by atoms with Crippen molar-refractivity contribution in [2.24, 2.45) is 11.8 Å². The lowest BCUT2D eigenvalue weighted by atomic mass is 9.87. The molecule has 30 N–H and O–H groups in total. The van der Waals surface area contributed by atoms with E-state index in [0.717, 1.165) is 20.8 Å². The van der Waals surface area contributed by atoms with Gasteiger partial charge in [-0.2, -0.15) is 9.59 Å². The fraction of sp³-hybridized carbons (Fsp3) is 0.945. The molecule has 0 aromatic rings. The van der Waals surface area contributed by atoms with Crippen LogP contribution in [0.1, 0.15) is 54.4 Å². The Hall–Kier alpha value is -4.05. The maximum atomic E-state index is 13.1. The van der Waals surface area contributed by atoms with Crippen molar-refractivity contribution >= 4 is 23.9 Å². The zero-order chi connectivity index (χ0) is 93.9. The molecule has 3 amide bonds. The molecule has 10 aliphatic heterocycles. The summed E-state index contributed by atoms with van der Waals surface area (Å²) in [5.74, 6) is -4.06. The van der Waals surface area contributed by atoms with Crippen LogP contribution in [0.5, 0.6) is 0 Å². The summed E-state index contributed by atoms with van der Waals surface area (Å²) in [5, 5.41) is 308. The maximum absolute atomic E-state index is 13.1. The molecule has 10 rings (SSSR count). The van der Waals surface area contributed by atoms with Gasteiger partial charge in [0.1, 0.15) is 201 Å². The Morgan fingerprint density at radius 2 is 0.732 bits per heavy atom. The van der Waals surface area contributed by atoms with E-state index in [1.807, 2.05) is 0 Å². The van der Waals surface area contributed by atoms with Crippen molar-refractivity contribution in [1.82, 2.24) is 16.0 Å². The molecule has 0 aromatic heterocycles. The topological polar surface area (TPSA) is 843 Å². The minimum atomic E-state index is -2.51. The van der Waals surface area contributed by atoms with Gasteiger partial charge in [0, 0.05) is 39.5 Å². The molecule has 10 aliphatic rings. The van der Waals surface area contributed by atoms with E-state index in [4.69, 9.17) is 99.6 Å². The van der Waals surface area contributed by atoms with E-state index in [-0.39, 0.29) is 6.15 Å². The third-order valence-corrected chi connectivity index (χ3v) is 23.5. The van der Waals surface area contributed by atoms with Gasteiger partial charge in [0.05, 0.1) is 109 Å². The van der Waals surface area contributed by atoms with Crippen LogP contribution in [0.15, 0.2) is 0 Å². The van der Waals surface area contributed by atoms with Gasteiger partial charge < -0.3 is 244 Å². The first kappa shape index (κ1) is 107. The van der Waals surface area contributed by atoms with Crippen LogP contribution in [0, 0.1) is 11.8 Å². The number of ether oxygens (including phenoxy) is 19. The van der Waals surface area contributed by atoms with Crippen molar-refractivity contribution in [1.29, 1.82) is 0 Å².